The van der Waals surface area contributed by atoms with Crippen molar-refractivity contribution in [2.75, 3.05) is 18.5 Å². The van der Waals surface area contributed by atoms with Crippen LogP contribution >= 0.6 is 11.3 Å². The minimum atomic E-state index is -0.198. The molecule has 0 saturated carbocycles. The minimum absolute atomic E-state index is 0.198. The van der Waals surface area contributed by atoms with Gasteiger partial charge in [-0.15, -0.1) is 11.3 Å². The van der Waals surface area contributed by atoms with E-state index in [1.807, 2.05) is 12.1 Å². The van der Waals surface area contributed by atoms with Crippen molar-refractivity contribution >= 4 is 22.2 Å². The van der Waals surface area contributed by atoms with Crippen molar-refractivity contribution in [3.05, 3.63) is 45.8 Å². The molecule has 3 rings (SSSR count). The first kappa shape index (κ1) is 20.4. The second-order valence-corrected chi connectivity index (χ2v) is 8.42. The summed E-state index contributed by atoms with van der Waals surface area (Å²) in [5.74, 6) is 0.569. The SMILES string of the molecule is CCCCOc1ccc(C(=O)Nc2sc3c(c2C#N)CCN(C(C)C)C3)cc1. The summed E-state index contributed by atoms with van der Waals surface area (Å²) in [4.78, 5) is 16.3. The Hall–Kier alpha value is -2.36. The summed E-state index contributed by atoms with van der Waals surface area (Å²) in [7, 11) is 0. The Morgan fingerprint density at radius 2 is 2.11 bits per heavy atom. The van der Waals surface area contributed by atoms with Gasteiger partial charge in [-0.05, 0) is 56.5 Å². The molecular weight excluding hydrogens is 370 g/mol. The molecule has 2 aromatic rings. The van der Waals surface area contributed by atoms with Crippen LogP contribution in [0.25, 0.3) is 0 Å². The molecule has 0 atom stereocenters. The number of unbranched alkanes of at least 4 members (excludes halogenated alkanes) is 1. The number of hydrogen-bond acceptors (Lipinski definition) is 5. The van der Waals surface area contributed by atoms with E-state index in [0.29, 0.717) is 28.8 Å². The quantitative estimate of drug-likeness (QED) is 0.681. The molecule has 1 aliphatic heterocycles. The number of ether oxygens (including phenoxy) is 1. The molecule has 0 unspecified atom stereocenters. The molecule has 0 spiro atoms. The number of benzene rings is 1. The molecule has 6 heteroatoms. The summed E-state index contributed by atoms with van der Waals surface area (Å²) in [6.45, 7) is 8.95. The molecule has 0 bridgehead atoms. The van der Waals surface area contributed by atoms with Gasteiger partial charge < -0.3 is 10.1 Å². The van der Waals surface area contributed by atoms with Gasteiger partial charge in [0.2, 0.25) is 0 Å². The fourth-order valence-corrected chi connectivity index (χ4v) is 4.50. The summed E-state index contributed by atoms with van der Waals surface area (Å²) in [6, 6.07) is 9.92. The number of anilines is 1. The van der Waals surface area contributed by atoms with Gasteiger partial charge in [0.05, 0.1) is 12.2 Å². The summed E-state index contributed by atoms with van der Waals surface area (Å²) >= 11 is 1.53. The number of carbonyl (C=O) groups is 1. The highest BCUT2D eigenvalue weighted by molar-refractivity contribution is 7.16. The van der Waals surface area contributed by atoms with Crippen LogP contribution in [-0.2, 0) is 13.0 Å². The van der Waals surface area contributed by atoms with Gasteiger partial charge >= 0.3 is 0 Å². The van der Waals surface area contributed by atoms with Crippen LogP contribution in [-0.4, -0.2) is 30.0 Å². The first-order valence-electron chi connectivity index (χ1n) is 9.86. The van der Waals surface area contributed by atoms with Gasteiger partial charge in [0, 0.05) is 29.6 Å². The zero-order chi connectivity index (χ0) is 20.1. The van der Waals surface area contributed by atoms with Crippen molar-refractivity contribution in [3.63, 3.8) is 0 Å². The molecule has 2 heterocycles. The Kier molecular flexibility index (Phi) is 6.71. The number of fused-ring (bicyclic) bond motifs is 1. The van der Waals surface area contributed by atoms with Gasteiger partial charge in [-0.3, -0.25) is 9.69 Å². The zero-order valence-corrected chi connectivity index (χ0v) is 17.6. The van der Waals surface area contributed by atoms with Crippen molar-refractivity contribution < 1.29 is 9.53 Å². The van der Waals surface area contributed by atoms with E-state index in [2.05, 4.69) is 37.1 Å². The molecule has 1 amide bonds. The number of amides is 1. The summed E-state index contributed by atoms with van der Waals surface area (Å²) in [5.41, 5.74) is 2.28. The van der Waals surface area contributed by atoms with E-state index >= 15 is 0 Å². The lowest BCUT2D eigenvalue weighted by molar-refractivity contribution is 0.102. The molecule has 1 aromatic heterocycles. The van der Waals surface area contributed by atoms with E-state index in [9.17, 15) is 10.1 Å². The Morgan fingerprint density at radius 3 is 2.75 bits per heavy atom. The van der Waals surface area contributed by atoms with Gasteiger partial charge in [0.25, 0.3) is 5.91 Å². The molecule has 0 saturated heterocycles. The lowest BCUT2D eigenvalue weighted by Gasteiger charge is -2.30. The Labute approximate surface area is 170 Å². The van der Waals surface area contributed by atoms with Crippen LogP contribution in [0.2, 0.25) is 0 Å². The summed E-state index contributed by atoms with van der Waals surface area (Å²) < 4.78 is 5.64. The highest BCUT2D eigenvalue weighted by Gasteiger charge is 2.26. The van der Waals surface area contributed by atoms with Crippen molar-refractivity contribution in [2.45, 2.75) is 52.6 Å². The van der Waals surface area contributed by atoms with Crippen LogP contribution in [0.1, 0.15) is 60.0 Å². The average Bonchev–Trinajstić information content (AvgIpc) is 3.04. The van der Waals surface area contributed by atoms with Gasteiger partial charge in [-0.2, -0.15) is 5.26 Å². The van der Waals surface area contributed by atoms with E-state index in [4.69, 9.17) is 4.74 Å². The summed E-state index contributed by atoms with van der Waals surface area (Å²) in [5, 5.41) is 13.2. The predicted octanol–water partition coefficient (Wildman–Crippen LogP) is 4.82. The van der Waals surface area contributed by atoms with E-state index in [1.54, 1.807) is 12.1 Å². The molecule has 1 aromatic carbocycles. The van der Waals surface area contributed by atoms with Crippen molar-refractivity contribution in [1.82, 2.24) is 4.90 Å². The monoisotopic (exact) mass is 397 g/mol. The molecule has 0 fully saturated rings. The molecule has 1 N–H and O–H groups in total. The van der Waals surface area contributed by atoms with E-state index in [1.165, 1.54) is 16.2 Å². The molecule has 28 heavy (non-hydrogen) atoms. The third kappa shape index (κ3) is 4.54. The Bertz CT molecular complexity index is 865. The normalized spacial score (nSPS) is 13.8. The van der Waals surface area contributed by atoms with E-state index in [-0.39, 0.29) is 5.91 Å². The second-order valence-electron chi connectivity index (χ2n) is 7.31. The standard InChI is InChI=1S/C22H27N3O2S/c1-4-5-12-27-17-8-6-16(7-9-17)21(26)24-22-19(13-23)18-10-11-25(15(2)3)14-20(18)28-22/h6-9,15H,4-5,10-12,14H2,1-3H3,(H,24,26). The van der Waals surface area contributed by atoms with Gasteiger partial charge in [0.1, 0.15) is 16.8 Å². The fraction of sp³-hybridized carbons (Fsp3) is 0.455. The average molecular weight is 398 g/mol. The Balaban J connectivity index is 1.71. The minimum Gasteiger partial charge on any atom is -0.494 e. The number of hydrogen-bond donors (Lipinski definition) is 1. The smallest absolute Gasteiger partial charge is 0.256 e. The van der Waals surface area contributed by atoms with Gasteiger partial charge in [-0.25, -0.2) is 0 Å². The molecule has 5 nitrogen and oxygen atoms in total. The first-order chi connectivity index (χ1) is 13.5. The number of nitrogens with one attached hydrogen (secondary N) is 1. The molecule has 1 aliphatic rings. The van der Waals surface area contributed by atoms with Crippen LogP contribution in [0.3, 0.4) is 0 Å². The van der Waals surface area contributed by atoms with Crippen LogP contribution in [0.5, 0.6) is 5.75 Å². The highest BCUT2D eigenvalue weighted by Crippen LogP contribution is 2.37. The maximum Gasteiger partial charge on any atom is 0.256 e. The van der Waals surface area contributed by atoms with Crippen LogP contribution in [0.15, 0.2) is 24.3 Å². The van der Waals surface area contributed by atoms with Crippen LogP contribution in [0, 0.1) is 11.3 Å². The first-order valence-corrected chi connectivity index (χ1v) is 10.7. The number of thiophene rings is 1. The summed E-state index contributed by atoms with van der Waals surface area (Å²) in [6.07, 6.45) is 2.95. The van der Waals surface area contributed by atoms with E-state index < -0.39 is 0 Å². The maximum atomic E-state index is 12.7. The fourth-order valence-electron chi connectivity index (χ4n) is 3.28. The third-order valence-electron chi connectivity index (χ3n) is 5.04. The van der Waals surface area contributed by atoms with Crippen LogP contribution in [0.4, 0.5) is 5.00 Å². The van der Waals surface area contributed by atoms with E-state index in [0.717, 1.165) is 43.7 Å². The zero-order valence-electron chi connectivity index (χ0n) is 16.7. The second kappa shape index (κ2) is 9.22. The Morgan fingerprint density at radius 1 is 1.36 bits per heavy atom. The number of nitrogens with zero attached hydrogens (tertiary/aromatic N) is 2. The molecule has 148 valence electrons. The predicted molar refractivity (Wildman–Crippen MR) is 113 cm³/mol. The van der Waals surface area contributed by atoms with Crippen molar-refractivity contribution in [2.24, 2.45) is 0 Å². The number of rotatable bonds is 7. The lowest BCUT2D eigenvalue weighted by Crippen LogP contribution is -2.35. The lowest BCUT2D eigenvalue weighted by atomic mass is 10.0. The third-order valence-corrected chi connectivity index (χ3v) is 6.17. The van der Waals surface area contributed by atoms with Gasteiger partial charge in [0.15, 0.2) is 0 Å². The molecule has 0 radical (unpaired) electrons. The largest absolute Gasteiger partial charge is 0.494 e. The van der Waals surface area contributed by atoms with Crippen molar-refractivity contribution in [3.8, 4) is 11.8 Å². The van der Waals surface area contributed by atoms with Crippen LogP contribution < -0.4 is 10.1 Å². The maximum absolute atomic E-state index is 12.7. The topological polar surface area (TPSA) is 65.4 Å². The van der Waals surface area contributed by atoms with Gasteiger partial charge in [-0.1, -0.05) is 13.3 Å². The van der Waals surface area contributed by atoms with Crippen molar-refractivity contribution in [1.29, 1.82) is 5.26 Å². The highest BCUT2D eigenvalue weighted by atomic mass is 32.1. The number of carbonyl (C=O) groups excluding carboxylic acids is 1. The number of nitriles is 1. The molecule has 0 aliphatic carbocycles. The molecular formula is C22H27N3O2S.